The smallest absolute Gasteiger partial charge is 0.229 e. The van der Waals surface area contributed by atoms with Gasteiger partial charge in [0, 0.05) is 27.2 Å². The molecule has 10 N–H and O–H groups in total. The number of unbranched alkanes of at least 4 members (excludes halogenated alkanes) is 9. The highest BCUT2D eigenvalue weighted by molar-refractivity contribution is 5.85. The minimum atomic E-state index is 0. The number of nitrogen functional groups attached to an aromatic ring is 2. The number of anilines is 6. The minimum Gasteiger partial charge on any atom is -0.368 e. The Hall–Kier alpha value is -2.97. The monoisotopic (exact) mass is 596 g/mol. The van der Waals surface area contributed by atoms with Gasteiger partial charge >= 0.3 is 0 Å². The second-order valence-electron chi connectivity index (χ2n) is 9.78. The molecule has 0 bridgehead atoms. The predicted molar refractivity (Wildman–Crippen MR) is 173 cm³/mol. The normalized spacial score (nSPS) is 10.7. The summed E-state index contributed by atoms with van der Waals surface area (Å²) >= 11 is 0. The van der Waals surface area contributed by atoms with Crippen molar-refractivity contribution in [3.8, 4) is 0 Å². The van der Waals surface area contributed by atoms with Crippen molar-refractivity contribution < 1.29 is 0 Å². The van der Waals surface area contributed by atoms with Crippen LogP contribution in [-0.2, 0) is 0 Å². The third-order valence-electron chi connectivity index (χ3n) is 6.34. The first kappa shape index (κ1) is 36.1. The van der Waals surface area contributed by atoms with E-state index in [-0.39, 0.29) is 24.3 Å². The maximum absolute atomic E-state index is 5.67. The van der Waals surface area contributed by atoms with E-state index in [0.717, 1.165) is 52.1 Å². The van der Waals surface area contributed by atoms with Crippen molar-refractivity contribution in [1.29, 1.82) is 0 Å². The van der Waals surface area contributed by atoms with Gasteiger partial charge in [0.25, 0.3) is 0 Å². The first-order valence-electron chi connectivity index (χ1n) is 14.9. The molecule has 0 fully saturated rings. The number of rotatable bonds is 25. The van der Waals surface area contributed by atoms with Crippen LogP contribution in [0.1, 0.15) is 77.0 Å². The molecule has 0 aliphatic heterocycles. The lowest BCUT2D eigenvalue weighted by molar-refractivity contribution is 0.532. The summed E-state index contributed by atoms with van der Waals surface area (Å²) in [5.74, 6) is 2.41. The summed E-state index contributed by atoms with van der Waals surface area (Å²) in [7, 11) is 3.51. The fourth-order valence-electron chi connectivity index (χ4n) is 4.16. The van der Waals surface area contributed by atoms with E-state index in [9.17, 15) is 0 Å². The Balaban J connectivity index is 0.00000840. The fraction of sp³-hybridized carbons (Fsp3) is 0.769. The molecule has 0 aliphatic rings. The van der Waals surface area contributed by atoms with E-state index < -0.39 is 0 Å². The average Bonchev–Trinajstić information content (AvgIpc) is 2.95. The van der Waals surface area contributed by atoms with Crippen molar-refractivity contribution in [3.05, 3.63) is 0 Å². The Morgan fingerprint density at radius 3 is 1.10 bits per heavy atom. The predicted octanol–water partition coefficient (Wildman–Crippen LogP) is 3.11. The Kier molecular flexibility index (Phi) is 20.8. The number of hydrogen-bond acceptors (Lipinski definition) is 14. The first-order valence-corrected chi connectivity index (χ1v) is 14.9. The van der Waals surface area contributed by atoms with Gasteiger partial charge < -0.3 is 43.4 Å². The van der Waals surface area contributed by atoms with Crippen LogP contribution in [0.5, 0.6) is 0 Å². The lowest BCUT2D eigenvalue weighted by atomic mass is 10.1. The molecule has 234 valence electrons. The van der Waals surface area contributed by atoms with Gasteiger partial charge in [-0.3, -0.25) is 0 Å². The van der Waals surface area contributed by atoms with Crippen molar-refractivity contribution in [3.63, 3.8) is 0 Å². The second-order valence-corrected chi connectivity index (χ2v) is 9.78. The van der Waals surface area contributed by atoms with Gasteiger partial charge in [-0.25, -0.2) is 0 Å². The summed E-state index contributed by atoms with van der Waals surface area (Å²) < 4.78 is 0. The standard InChI is InChI=1S/C26H52N14.ClH/c1-29-23-35-21(27)37-25(39-23)33-19-13-17-31-15-11-9-7-5-3-4-6-8-10-12-16-32-18-14-20-34-26-38-22(28)36-24(30-2)40-26;/h31-32H,3-20H2,1-2H3,(H4,27,29,33,35,37,39)(H4,28,30,34,36,38,40);1H. The lowest BCUT2D eigenvalue weighted by Crippen LogP contribution is -2.20. The van der Waals surface area contributed by atoms with Crippen molar-refractivity contribution in [2.45, 2.75) is 77.0 Å². The topological polar surface area (TPSA) is 202 Å². The molecule has 0 aromatic carbocycles. The zero-order valence-electron chi connectivity index (χ0n) is 25.0. The molecule has 0 radical (unpaired) electrons. The van der Waals surface area contributed by atoms with E-state index in [0.29, 0.717) is 23.8 Å². The Bertz CT molecular complexity index is 846. The van der Waals surface area contributed by atoms with Gasteiger partial charge in [0.15, 0.2) is 0 Å². The number of nitrogens with two attached hydrogens (primary N) is 2. The summed E-state index contributed by atoms with van der Waals surface area (Å²) in [6.45, 7) is 5.72. The second kappa shape index (κ2) is 23.7. The molecule has 0 atom stereocenters. The molecule has 2 heterocycles. The SMILES string of the molecule is CNc1nc(N)nc(NCCCNCCCCCCCCCCCCNCCCNc2nc(N)nc(NC)n2)n1.Cl. The Morgan fingerprint density at radius 2 is 0.732 bits per heavy atom. The molecular formula is C26H53ClN14. The molecule has 41 heavy (non-hydrogen) atoms. The van der Waals surface area contributed by atoms with Crippen LogP contribution in [-0.4, -0.2) is 83.3 Å². The summed E-state index contributed by atoms with van der Waals surface area (Å²) in [4.78, 5) is 24.6. The highest BCUT2D eigenvalue weighted by Crippen LogP contribution is 2.10. The van der Waals surface area contributed by atoms with Gasteiger partial charge in [-0.1, -0.05) is 51.4 Å². The van der Waals surface area contributed by atoms with E-state index in [1.54, 1.807) is 14.1 Å². The molecule has 2 aromatic heterocycles. The maximum Gasteiger partial charge on any atom is 0.229 e. The van der Waals surface area contributed by atoms with Crippen molar-refractivity contribution >= 4 is 48.1 Å². The number of halogens is 1. The molecule has 2 rings (SSSR count). The summed E-state index contributed by atoms with van der Waals surface area (Å²) in [5, 5.41) is 19.2. The number of hydrogen-bond donors (Lipinski definition) is 8. The number of nitrogens with one attached hydrogen (secondary N) is 6. The summed E-state index contributed by atoms with van der Waals surface area (Å²) in [6, 6.07) is 0. The summed E-state index contributed by atoms with van der Waals surface area (Å²) in [5.41, 5.74) is 11.3. The van der Waals surface area contributed by atoms with Crippen molar-refractivity contribution in [1.82, 2.24) is 40.5 Å². The average molecular weight is 597 g/mol. The number of nitrogens with zero attached hydrogens (tertiary/aromatic N) is 6. The number of aromatic nitrogens is 6. The van der Waals surface area contributed by atoms with Gasteiger partial charge in [-0.15, -0.1) is 12.4 Å². The highest BCUT2D eigenvalue weighted by Gasteiger charge is 2.03. The molecule has 0 aliphatic carbocycles. The van der Waals surface area contributed by atoms with Crippen LogP contribution in [0, 0.1) is 0 Å². The quantitative estimate of drug-likeness (QED) is 0.0776. The zero-order chi connectivity index (χ0) is 28.7. The van der Waals surface area contributed by atoms with Crippen LogP contribution in [0.4, 0.5) is 35.7 Å². The first-order chi connectivity index (χ1) is 19.6. The molecular weight excluding hydrogens is 544 g/mol. The van der Waals surface area contributed by atoms with Crippen LogP contribution in [0.2, 0.25) is 0 Å². The van der Waals surface area contributed by atoms with E-state index in [1.807, 2.05) is 0 Å². The highest BCUT2D eigenvalue weighted by atomic mass is 35.5. The van der Waals surface area contributed by atoms with Gasteiger partial charge in [0.2, 0.25) is 35.7 Å². The molecule has 0 saturated heterocycles. The minimum absolute atomic E-state index is 0. The van der Waals surface area contributed by atoms with Crippen LogP contribution in [0.3, 0.4) is 0 Å². The maximum atomic E-state index is 5.67. The van der Waals surface area contributed by atoms with Crippen LogP contribution >= 0.6 is 12.4 Å². The third kappa shape index (κ3) is 18.2. The van der Waals surface area contributed by atoms with Crippen LogP contribution in [0.15, 0.2) is 0 Å². The van der Waals surface area contributed by atoms with Gasteiger partial charge in [-0.05, 0) is 51.9 Å². The van der Waals surface area contributed by atoms with Crippen LogP contribution in [0.25, 0.3) is 0 Å². The van der Waals surface area contributed by atoms with Gasteiger partial charge in [0.1, 0.15) is 0 Å². The Morgan fingerprint density at radius 1 is 0.415 bits per heavy atom. The van der Waals surface area contributed by atoms with Gasteiger partial charge in [0.05, 0.1) is 0 Å². The molecule has 14 nitrogen and oxygen atoms in total. The molecule has 2 aromatic rings. The van der Waals surface area contributed by atoms with Crippen molar-refractivity contribution in [2.75, 3.05) is 86.1 Å². The third-order valence-corrected chi connectivity index (χ3v) is 6.34. The largest absolute Gasteiger partial charge is 0.368 e. The van der Waals surface area contributed by atoms with Crippen LogP contribution < -0.4 is 43.4 Å². The summed E-state index contributed by atoms with van der Waals surface area (Å²) in [6.07, 6.45) is 15.2. The zero-order valence-corrected chi connectivity index (χ0v) is 25.8. The molecule has 0 saturated carbocycles. The van der Waals surface area contributed by atoms with E-state index in [2.05, 4.69) is 61.8 Å². The lowest BCUT2D eigenvalue weighted by Gasteiger charge is -2.08. The van der Waals surface area contributed by atoms with E-state index in [4.69, 9.17) is 11.5 Å². The Labute approximate surface area is 251 Å². The van der Waals surface area contributed by atoms with E-state index >= 15 is 0 Å². The van der Waals surface area contributed by atoms with Crippen molar-refractivity contribution in [2.24, 2.45) is 0 Å². The molecule has 0 spiro atoms. The van der Waals surface area contributed by atoms with E-state index in [1.165, 1.54) is 64.2 Å². The molecule has 0 unspecified atom stereocenters. The van der Waals surface area contributed by atoms with Gasteiger partial charge in [-0.2, -0.15) is 29.9 Å². The molecule has 15 heteroatoms. The molecule has 0 amide bonds. The fourth-order valence-corrected chi connectivity index (χ4v) is 4.16.